The van der Waals surface area contributed by atoms with Crippen LogP contribution in [0, 0.1) is 27.7 Å². The second kappa shape index (κ2) is 7.26. The lowest BCUT2D eigenvalue weighted by molar-refractivity contribution is 0.0925. The fourth-order valence-corrected chi connectivity index (χ4v) is 3.68. The van der Waals surface area contributed by atoms with E-state index in [1.54, 1.807) is 18.2 Å². The van der Waals surface area contributed by atoms with E-state index in [9.17, 15) is 14.4 Å². The van der Waals surface area contributed by atoms with Gasteiger partial charge >= 0.3 is 0 Å². The maximum absolute atomic E-state index is 13.0. The van der Waals surface area contributed by atoms with Gasteiger partial charge in [-0.05, 0) is 80.8 Å². The predicted molar refractivity (Wildman–Crippen MR) is 117 cm³/mol. The van der Waals surface area contributed by atoms with Crippen LogP contribution in [0.25, 0.3) is 0 Å². The molecule has 1 aliphatic heterocycles. The molecular formula is C25H22N2O3. The van der Waals surface area contributed by atoms with Crippen LogP contribution in [0.3, 0.4) is 0 Å². The Morgan fingerprint density at radius 2 is 1.47 bits per heavy atom. The van der Waals surface area contributed by atoms with Gasteiger partial charge in [0.2, 0.25) is 0 Å². The minimum absolute atomic E-state index is 0.243. The number of benzene rings is 3. The van der Waals surface area contributed by atoms with Crippen molar-refractivity contribution in [3.63, 3.8) is 0 Å². The van der Waals surface area contributed by atoms with Gasteiger partial charge in [0.15, 0.2) is 0 Å². The summed E-state index contributed by atoms with van der Waals surface area (Å²) in [6.07, 6.45) is 0. The fourth-order valence-electron chi connectivity index (χ4n) is 3.68. The third-order valence-electron chi connectivity index (χ3n) is 5.51. The van der Waals surface area contributed by atoms with Crippen LogP contribution in [0.1, 0.15) is 53.3 Å². The molecule has 0 bridgehead atoms. The van der Waals surface area contributed by atoms with Crippen LogP contribution < -0.4 is 10.2 Å². The molecule has 1 heterocycles. The largest absolute Gasteiger partial charge is 0.322 e. The predicted octanol–water partition coefficient (Wildman–Crippen LogP) is 4.97. The number of anilines is 2. The molecule has 1 N–H and O–H groups in total. The molecule has 0 fully saturated rings. The first-order valence-corrected chi connectivity index (χ1v) is 9.75. The molecule has 0 radical (unpaired) electrons. The zero-order chi connectivity index (χ0) is 21.6. The number of aryl methyl sites for hydroxylation is 4. The highest BCUT2D eigenvalue weighted by molar-refractivity contribution is 6.35. The lowest BCUT2D eigenvalue weighted by Crippen LogP contribution is -2.30. The minimum Gasteiger partial charge on any atom is -0.322 e. The SMILES string of the molecule is Cc1ccc(N2C(=O)c3ccc(C(=O)Nc4ccc(C)c(C)c4)cc3C2=O)c(C)c1. The summed E-state index contributed by atoms with van der Waals surface area (Å²) in [5, 5.41) is 2.85. The Balaban J connectivity index is 1.64. The number of hydrogen-bond donors (Lipinski definition) is 1. The summed E-state index contributed by atoms with van der Waals surface area (Å²) < 4.78 is 0. The Bertz CT molecular complexity index is 1230. The van der Waals surface area contributed by atoms with E-state index in [0.717, 1.165) is 22.3 Å². The van der Waals surface area contributed by atoms with Crippen molar-refractivity contribution in [1.82, 2.24) is 0 Å². The number of hydrogen-bond acceptors (Lipinski definition) is 3. The van der Waals surface area contributed by atoms with Crippen molar-refractivity contribution >= 4 is 29.1 Å². The van der Waals surface area contributed by atoms with Gasteiger partial charge in [-0.25, -0.2) is 4.90 Å². The van der Waals surface area contributed by atoms with Gasteiger partial charge in [0.05, 0.1) is 16.8 Å². The number of nitrogens with zero attached hydrogens (tertiary/aromatic N) is 1. The lowest BCUT2D eigenvalue weighted by atomic mass is 10.0. The molecule has 3 amide bonds. The van der Waals surface area contributed by atoms with Crippen molar-refractivity contribution in [3.8, 4) is 0 Å². The first kappa shape index (κ1) is 19.6. The number of fused-ring (bicyclic) bond motifs is 1. The maximum atomic E-state index is 13.0. The van der Waals surface area contributed by atoms with Gasteiger partial charge in [-0.1, -0.05) is 23.8 Å². The summed E-state index contributed by atoms with van der Waals surface area (Å²) in [6.45, 7) is 7.81. The third-order valence-corrected chi connectivity index (χ3v) is 5.51. The highest BCUT2D eigenvalue weighted by Crippen LogP contribution is 2.31. The van der Waals surface area contributed by atoms with Crippen LogP contribution in [0.5, 0.6) is 0 Å². The van der Waals surface area contributed by atoms with Crippen LogP contribution in [0.4, 0.5) is 11.4 Å². The fraction of sp³-hybridized carbons (Fsp3) is 0.160. The molecule has 3 aromatic carbocycles. The number of nitrogens with one attached hydrogen (secondary N) is 1. The van der Waals surface area contributed by atoms with Gasteiger partial charge in [-0.3, -0.25) is 14.4 Å². The van der Waals surface area contributed by atoms with E-state index in [-0.39, 0.29) is 17.4 Å². The van der Waals surface area contributed by atoms with Gasteiger partial charge in [-0.2, -0.15) is 0 Å². The molecule has 0 saturated carbocycles. The molecule has 3 aromatic rings. The lowest BCUT2D eigenvalue weighted by Gasteiger charge is -2.16. The van der Waals surface area contributed by atoms with Gasteiger partial charge in [0.25, 0.3) is 17.7 Å². The van der Waals surface area contributed by atoms with Gasteiger partial charge in [-0.15, -0.1) is 0 Å². The Morgan fingerprint density at radius 1 is 0.733 bits per heavy atom. The van der Waals surface area contributed by atoms with Crippen molar-refractivity contribution in [2.75, 3.05) is 10.2 Å². The summed E-state index contributed by atoms with van der Waals surface area (Å²) in [6, 6.07) is 15.9. The second-order valence-electron chi connectivity index (χ2n) is 7.75. The summed E-state index contributed by atoms with van der Waals surface area (Å²) in [7, 11) is 0. The van der Waals surface area contributed by atoms with Crippen molar-refractivity contribution in [2.45, 2.75) is 27.7 Å². The number of carbonyl (C=O) groups excluding carboxylic acids is 3. The molecule has 4 rings (SSSR count). The first-order valence-electron chi connectivity index (χ1n) is 9.75. The molecular weight excluding hydrogens is 376 g/mol. The van der Waals surface area contributed by atoms with E-state index in [1.165, 1.54) is 11.0 Å². The summed E-state index contributed by atoms with van der Waals surface area (Å²) in [5.74, 6) is -1.11. The standard InChI is InChI=1S/C25H22N2O3/c1-14-5-10-22(17(4)11-14)27-24(29)20-9-7-18(13-21(20)25(27)30)23(28)26-19-8-6-15(2)16(3)12-19/h5-13H,1-4H3,(H,26,28). The smallest absolute Gasteiger partial charge is 0.266 e. The third kappa shape index (κ3) is 3.28. The molecule has 1 aliphatic rings. The van der Waals surface area contributed by atoms with Gasteiger partial charge in [0.1, 0.15) is 0 Å². The van der Waals surface area contributed by atoms with Crippen molar-refractivity contribution in [3.05, 3.63) is 93.5 Å². The number of carbonyl (C=O) groups is 3. The maximum Gasteiger partial charge on any atom is 0.266 e. The number of amides is 3. The Labute approximate surface area is 175 Å². The number of imide groups is 1. The van der Waals surface area contributed by atoms with Crippen molar-refractivity contribution < 1.29 is 14.4 Å². The van der Waals surface area contributed by atoms with E-state index in [1.807, 2.05) is 58.0 Å². The van der Waals surface area contributed by atoms with Crippen LogP contribution in [0.15, 0.2) is 54.6 Å². The topological polar surface area (TPSA) is 66.5 Å². The Kier molecular flexibility index (Phi) is 4.74. The average Bonchev–Trinajstić information content (AvgIpc) is 2.95. The highest BCUT2D eigenvalue weighted by Gasteiger charge is 2.37. The quantitative estimate of drug-likeness (QED) is 0.633. The average molecular weight is 398 g/mol. The Morgan fingerprint density at radius 3 is 2.17 bits per heavy atom. The van der Waals surface area contributed by atoms with Crippen LogP contribution in [0.2, 0.25) is 0 Å². The summed E-state index contributed by atoms with van der Waals surface area (Å²) in [4.78, 5) is 39.8. The molecule has 5 heteroatoms. The van der Waals surface area contributed by atoms with Crippen LogP contribution >= 0.6 is 0 Å². The van der Waals surface area contributed by atoms with E-state index in [0.29, 0.717) is 22.5 Å². The van der Waals surface area contributed by atoms with Crippen LogP contribution in [-0.4, -0.2) is 17.7 Å². The minimum atomic E-state index is -0.414. The summed E-state index contributed by atoms with van der Waals surface area (Å²) in [5.41, 5.74) is 6.24. The molecule has 30 heavy (non-hydrogen) atoms. The highest BCUT2D eigenvalue weighted by atomic mass is 16.2. The zero-order valence-electron chi connectivity index (χ0n) is 17.4. The van der Waals surface area contributed by atoms with E-state index in [2.05, 4.69) is 5.32 Å². The molecule has 150 valence electrons. The van der Waals surface area contributed by atoms with E-state index >= 15 is 0 Å². The normalized spacial score (nSPS) is 12.9. The van der Waals surface area contributed by atoms with E-state index in [4.69, 9.17) is 0 Å². The Hall–Kier alpha value is -3.73. The molecule has 0 aromatic heterocycles. The number of rotatable bonds is 3. The van der Waals surface area contributed by atoms with Crippen molar-refractivity contribution in [1.29, 1.82) is 0 Å². The molecule has 0 spiro atoms. The van der Waals surface area contributed by atoms with Gasteiger partial charge in [0, 0.05) is 11.3 Å². The molecule has 5 nitrogen and oxygen atoms in total. The van der Waals surface area contributed by atoms with Crippen LogP contribution in [-0.2, 0) is 0 Å². The van der Waals surface area contributed by atoms with Crippen molar-refractivity contribution in [2.24, 2.45) is 0 Å². The molecule has 0 saturated heterocycles. The second-order valence-corrected chi connectivity index (χ2v) is 7.75. The first-order chi connectivity index (χ1) is 14.3. The monoisotopic (exact) mass is 398 g/mol. The van der Waals surface area contributed by atoms with E-state index < -0.39 is 5.91 Å². The zero-order valence-corrected chi connectivity index (χ0v) is 17.4. The van der Waals surface area contributed by atoms with Gasteiger partial charge < -0.3 is 5.32 Å². The molecule has 0 aliphatic carbocycles. The molecule has 0 unspecified atom stereocenters. The summed E-state index contributed by atoms with van der Waals surface area (Å²) >= 11 is 0. The molecule has 0 atom stereocenters.